The molecule has 0 aliphatic rings. The third-order valence-corrected chi connectivity index (χ3v) is 3.85. The molecule has 0 radical (unpaired) electrons. The summed E-state index contributed by atoms with van der Waals surface area (Å²) >= 11 is 0. The summed E-state index contributed by atoms with van der Waals surface area (Å²) in [4.78, 5) is 0. The molecule has 0 atom stereocenters. The molecule has 4 heteroatoms. The molecule has 2 N–H and O–H groups in total. The van der Waals surface area contributed by atoms with Gasteiger partial charge >= 0.3 is 9.28 Å². The van der Waals surface area contributed by atoms with Crippen molar-refractivity contribution < 1.29 is 8.85 Å². The van der Waals surface area contributed by atoms with Crippen molar-refractivity contribution in [3.63, 3.8) is 0 Å². The van der Waals surface area contributed by atoms with E-state index in [4.69, 9.17) is 14.6 Å². The summed E-state index contributed by atoms with van der Waals surface area (Å²) in [6, 6.07) is 1.12. The third kappa shape index (κ3) is 6.79. The summed E-state index contributed by atoms with van der Waals surface area (Å²) in [6.45, 7) is 0.815. The fourth-order valence-corrected chi connectivity index (χ4v) is 2.43. The van der Waals surface area contributed by atoms with Crippen LogP contribution in [0.2, 0.25) is 6.04 Å². The highest BCUT2D eigenvalue weighted by Gasteiger charge is 2.07. The molecule has 0 rings (SSSR count). The van der Waals surface area contributed by atoms with Crippen LogP contribution in [0.25, 0.3) is 0 Å². The van der Waals surface area contributed by atoms with Crippen molar-refractivity contribution in [3.05, 3.63) is 0 Å². The molecule has 0 amide bonds. The maximum atomic E-state index is 5.38. The zero-order valence-electron chi connectivity index (χ0n) is 8.21. The molecule has 0 heterocycles. The Morgan fingerprint density at radius 2 is 1.58 bits per heavy atom. The van der Waals surface area contributed by atoms with E-state index in [0.717, 1.165) is 19.0 Å². The maximum absolute atomic E-state index is 5.38. The van der Waals surface area contributed by atoms with Crippen LogP contribution in [0.1, 0.15) is 25.7 Å². The monoisotopic (exact) mass is 191 g/mol. The fraction of sp³-hybridized carbons (Fsp3) is 1.00. The first kappa shape index (κ1) is 12.1. The van der Waals surface area contributed by atoms with Gasteiger partial charge in [0, 0.05) is 14.2 Å². The quantitative estimate of drug-likeness (QED) is 0.460. The molecule has 0 spiro atoms. The minimum absolute atomic E-state index is 0.815. The standard InChI is InChI=1S/C8H21NO2Si/c1-10-12(11-2)8-6-4-3-5-7-9/h12H,3-9H2,1-2H3. The summed E-state index contributed by atoms with van der Waals surface area (Å²) < 4.78 is 10.4. The van der Waals surface area contributed by atoms with Gasteiger partial charge in [-0.15, -0.1) is 0 Å². The molecule has 0 aromatic carbocycles. The smallest absolute Gasteiger partial charge is 0.320 e. The molecule has 0 aliphatic heterocycles. The normalized spacial score (nSPS) is 11.0. The third-order valence-electron chi connectivity index (χ3n) is 1.92. The number of hydrogen-bond acceptors (Lipinski definition) is 3. The maximum Gasteiger partial charge on any atom is 0.320 e. The Labute approximate surface area is 77.1 Å². The van der Waals surface area contributed by atoms with Crippen molar-refractivity contribution in [3.8, 4) is 0 Å². The predicted molar refractivity (Wildman–Crippen MR) is 53.5 cm³/mol. The first-order valence-electron chi connectivity index (χ1n) is 4.60. The van der Waals surface area contributed by atoms with Gasteiger partial charge in [0.25, 0.3) is 0 Å². The van der Waals surface area contributed by atoms with Crippen LogP contribution in [0.3, 0.4) is 0 Å². The van der Waals surface area contributed by atoms with Gasteiger partial charge < -0.3 is 14.6 Å². The number of nitrogens with two attached hydrogens (primary N) is 1. The SMILES string of the molecule is CO[SiH](CCCCCCN)OC. The molecule has 0 saturated carbocycles. The molecule has 3 nitrogen and oxygen atoms in total. The van der Waals surface area contributed by atoms with Crippen LogP contribution >= 0.6 is 0 Å². The lowest BCUT2D eigenvalue weighted by Gasteiger charge is -2.09. The molecule has 0 aromatic rings. The zero-order valence-corrected chi connectivity index (χ0v) is 9.37. The van der Waals surface area contributed by atoms with E-state index >= 15 is 0 Å². The van der Waals surface area contributed by atoms with Gasteiger partial charge in [-0.2, -0.15) is 0 Å². The van der Waals surface area contributed by atoms with Gasteiger partial charge in [-0.1, -0.05) is 19.3 Å². The summed E-state index contributed by atoms with van der Waals surface area (Å²) in [5.74, 6) is 0. The van der Waals surface area contributed by atoms with Gasteiger partial charge in [-0.3, -0.25) is 0 Å². The first-order chi connectivity index (χ1) is 5.85. The van der Waals surface area contributed by atoms with Gasteiger partial charge in [0.2, 0.25) is 0 Å². The van der Waals surface area contributed by atoms with Crippen molar-refractivity contribution in [2.75, 3.05) is 20.8 Å². The summed E-state index contributed by atoms with van der Waals surface area (Å²) in [5.41, 5.74) is 5.38. The van der Waals surface area contributed by atoms with E-state index in [1.165, 1.54) is 19.3 Å². The van der Waals surface area contributed by atoms with Crippen LogP contribution in [0.4, 0.5) is 0 Å². The average molecular weight is 191 g/mol. The van der Waals surface area contributed by atoms with Crippen LogP contribution in [-0.4, -0.2) is 30.0 Å². The Balaban J connectivity index is 3.06. The Morgan fingerprint density at radius 1 is 1.00 bits per heavy atom. The van der Waals surface area contributed by atoms with Crippen molar-refractivity contribution in [2.45, 2.75) is 31.7 Å². The Hall–Kier alpha value is 0.0969. The second-order valence-corrected chi connectivity index (χ2v) is 5.27. The summed E-state index contributed by atoms with van der Waals surface area (Å²) in [5, 5.41) is 0. The van der Waals surface area contributed by atoms with Crippen molar-refractivity contribution in [2.24, 2.45) is 5.73 Å². The van der Waals surface area contributed by atoms with Crippen molar-refractivity contribution in [1.29, 1.82) is 0 Å². The molecule has 74 valence electrons. The molecule has 0 aliphatic carbocycles. The lowest BCUT2D eigenvalue weighted by Crippen LogP contribution is -2.18. The van der Waals surface area contributed by atoms with E-state index in [1.54, 1.807) is 14.2 Å². The van der Waals surface area contributed by atoms with Gasteiger partial charge in [0.05, 0.1) is 0 Å². The van der Waals surface area contributed by atoms with Gasteiger partial charge in [0.15, 0.2) is 0 Å². The largest absolute Gasteiger partial charge is 0.400 e. The van der Waals surface area contributed by atoms with Gasteiger partial charge in [-0.25, -0.2) is 0 Å². The van der Waals surface area contributed by atoms with E-state index in [2.05, 4.69) is 0 Å². The van der Waals surface area contributed by atoms with Crippen LogP contribution in [0.5, 0.6) is 0 Å². The Kier molecular flexibility index (Phi) is 9.26. The fourth-order valence-electron chi connectivity index (χ4n) is 1.14. The van der Waals surface area contributed by atoms with Crippen LogP contribution in [0.15, 0.2) is 0 Å². The summed E-state index contributed by atoms with van der Waals surface area (Å²) in [6.07, 6.45) is 4.86. The molecule has 0 saturated heterocycles. The highest BCUT2D eigenvalue weighted by Crippen LogP contribution is 2.06. The van der Waals surface area contributed by atoms with Crippen LogP contribution in [-0.2, 0) is 8.85 Å². The highest BCUT2D eigenvalue weighted by atomic mass is 28.3. The molecule has 0 aromatic heterocycles. The minimum Gasteiger partial charge on any atom is -0.400 e. The lowest BCUT2D eigenvalue weighted by molar-refractivity contribution is 0.276. The van der Waals surface area contributed by atoms with Crippen molar-refractivity contribution >= 4 is 9.28 Å². The highest BCUT2D eigenvalue weighted by molar-refractivity contribution is 6.44. The van der Waals surface area contributed by atoms with Crippen LogP contribution < -0.4 is 5.73 Å². The summed E-state index contributed by atoms with van der Waals surface area (Å²) in [7, 11) is 2.20. The zero-order chi connectivity index (χ0) is 9.23. The number of rotatable bonds is 8. The number of hydrogen-bond donors (Lipinski definition) is 1. The van der Waals surface area contributed by atoms with E-state index in [9.17, 15) is 0 Å². The van der Waals surface area contributed by atoms with Crippen molar-refractivity contribution in [1.82, 2.24) is 0 Å². The Morgan fingerprint density at radius 3 is 2.08 bits per heavy atom. The second-order valence-electron chi connectivity index (χ2n) is 2.89. The van der Waals surface area contributed by atoms with E-state index in [0.29, 0.717) is 0 Å². The predicted octanol–water partition coefficient (Wildman–Crippen LogP) is 1.02. The van der Waals surface area contributed by atoms with E-state index < -0.39 is 9.28 Å². The molecular formula is C8H21NO2Si. The van der Waals surface area contributed by atoms with Gasteiger partial charge in [-0.05, 0) is 19.0 Å². The minimum atomic E-state index is -1.27. The lowest BCUT2D eigenvalue weighted by atomic mass is 10.2. The van der Waals surface area contributed by atoms with E-state index in [-0.39, 0.29) is 0 Å². The second kappa shape index (κ2) is 9.19. The Bertz CT molecular complexity index is 89.1. The topological polar surface area (TPSA) is 44.5 Å². The molecular weight excluding hydrogens is 170 g/mol. The average Bonchev–Trinajstić information content (AvgIpc) is 2.11. The van der Waals surface area contributed by atoms with Crippen LogP contribution in [0, 0.1) is 0 Å². The first-order valence-corrected chi connectivity index (χ1v) is 6.36. The van der Waals surface area contributed by atoms with Gasteiger partial charge in [0.1, 0.15) is 0 Å². The molecule has 12 heavy (non-hydrogen) atoms. The molecule has 0 unspecified atom stereocenters. The van der Waals surface area contributed by atoms with E-state index in [1.807, 2.05) is 0 Å². The molecule has 0 fully saturated rings. The molecule has 0 bridgehead atoms. The number of unbranched alkanes of at least 4 members (excludes halogenated alkanes) is 3.